The minimum Gasteiger partial charge on any atom is -0.325 e. The number of nitrogens with zero attached hydrogens (tertiary/aromatic N) is 1. The number of nitrogens with one attached hydrogen (secondary N) is 1. The first-order valence-corrected chi connectivity index (χ1v) is 5.66. The van der Waals surface area contributed by atoms with Gasteiger partial charge in [0.1, 0.15) is 5.01 Å². The fourth-order valence-electron chi connectivity index (χ4n) is 1.64. The topological polar surface area (TPSA) is 50.9 Å². The molecule has 0 aliphatic carbocycles. The lowest BCUT2D eigenvalue weighted by molar-refractivity contribution is 0.410. The second-order valence-corrected chi connectivity index (χ2v) is 4.27. The van der Waals surface area contributed by atoms with Gasteiger partial charge in [0.25, 0.3) is 0 Å². The Morgan fingerprint density at radius 2 is 2.54 bits per heavy atom. The molecule has 1 saturated heterocycles. The highest BCUT2D eigenvalue weighted by atomic mass is 32.1. The third-order valence-electron chi connectivity index (χ3n) is 2.39. The van der Waals surface area contributed by atoms with E-state index in [1.807, 2.05) is 0 Å². The molecule has 0 aromatic carbocycles. The highest BCUT2D eigenvalue weighted by Gasteiger charge is 2.17. The molecule has 0 bridgehead atoms. The van der Waals surface area contributed by atoms with Gasteiger partial charge >= 0.3 is 0 Å². The van der Waals surface area contributed by atoms with E-state index in [1.54, 1.807) is 11.3 Å². The van der Waals surface area contributed by atoms with E-state index in [0.717, 1.165) is 12.2 Å². The molecular formula is C9H15N3S. The summed E-state index contributed by atoms with van der Waals surface area (Å²) >= 11 is 1.73. The summed E-state index contributed by atoms with van der Waals surface area (Å²) in [6.45, 7) is 1.69. The Morgan fingerprint density at radius 3 is 3.15 bits per heavy atom. The van der Waals surface area contributed by atoms with Crippen LogP contribution in [-0.2, 0) is 6.54 Å². The molecular weight excluding hydrogens is 182 g/mol. The monoisotopic (exact) mass is 197 g/mol. The van der Waals surface area contributed by atoms with Crippen LogP contribution in [0.15, 0.2) is 5.38 Å². The lowest BCUT2D eigenvalue weighted by Crippen LogP contribution is -2.26. The van der Waals surface area contributed by atoms with Crippen molar-refractivity contribution in [1.82, 2.24) is 10.3 Å². The fourth-order valence-corrected chi connectivity index (χ4v) is 2.58. The van der Waals surface area contributed by atoms with Crippen molar-refractivity contribution in [3.05, 3.63) is 16.1 Å². The number of hydrogen-bond donors (Lipinski definition) is 2. The maximum absolute atomic E-state index is 5.52. The van der Waals surface area contributed by atoms with Crippen LogP contribution in [0.3, 0.4) is 0 Å². The summed E-state index contributed by atoms with van der Waals surface area (Å²) in [5, 5.41) is 6.75. The highest BCUT2D eigenvalue weighted by Crippen LogP contribution is 2.25. The Morgan fingerprint density at radius 1 is 1.62 bits per heavy atom. The van der Waals surface area contributed by atoms with Crippen molar-refractivity contribution in [2.45, 2.75) is 31.8 Å². The molecule has 2 heterocycles. The van der Waals surface area contributed by atoms with E-state index in [9.17, 15) is 0 Å². The van der Waals surface area contributed by atoms with Crippen LogP contribution in [-0.4, -0.2) is 11.5 Å². The first-order valence-electron chi connectivity index (χ1n) is 4.78. The maximum Gasteiger partial charge on any atom is 0.110 e. The summed E-state index contributed by atoms with van der Waals surface area (Å²) in [6, 6.07) is 0.485. The van der Waals surface area contributed by atoms with Gasteiger partial charge in [0, 0.05) is 11.9 Å². The fraction of sp³-hybridized carbons (Fsp3) is 0.667. The van der Waals surface area contributed by atoms with Crippen molar-refractivity contribution in [2.75, 3.05) is 6.54 Å². The quantitative estimate of drug-likeness (QED) is 0.754. The Balaban J connectivity index is 2.05. The van der Waals surface area contributed by atoms with Crippen LogP contribution >= 0.6 is 11.3 Å². The summed E-state index contributed by atoms with van der Waals surface area (Å²) in [6.07, 6.45) is 3.83. The second kappa shape index (κ2) is 4.17. The van der Waals surface area contributed by atoms with Crippen LogP contribution in [0.5, 0.6) is 0 Å². The molecule has 0 spiro atoms. The van der Waals surface area contributed by atoms with E-state index in [-0.39, 0.29) is 0 Å². The molecule has 0 radical (unpaired) electrons. The van der Waals surface area contributed by atoms with Crippen molar-refractivity contribution >= 4 is 11.3 Å². The second-order valence-electron chi connectivity index (χ2n) is 3.38. The molecule has 0 amide bonds. The molecule has 1 aliphatic rings. The smallest absolute Gasteiger partial charge is 0.110 e. The zero-order chi connectivity index (χ0) is 9.10. The van der Waals surface area contributed by atoms with E-state index in [4.69, 9.17) is 5.73 Å². The van der Waals surface area contributed by atoms with Gasteiger partial charge in [0.15, 0.2) is 0 Å². The third-order valence-corrected chi connectivity index (χ3v) is 3.39. The van der Waals surface area contributed by atoms with Gasteiger partial charge in [-0.25, -0.2) is 4.98 Å². The van der Waals surface area contributed by atoms with Crippen molar-refractivity contribution < 1.29 is 0 Å². The molecule has 0 unspecified atom stereocenters. The molecule has 72 valence electrons. The Bertz CT molecular complexity index is 266. The van der Waals surface area contributed by atoms with E-state index in [2.05, 4.69) is 15.7 Å². The molecule has 13 heavy (non-hydrogen) atoms. The van der Waals surface area contributed by atoms with Crippen LogP contribution in [0.4, 0.5) is 0 Å². The van der Waals surface area contributed by atoms with Gasteiger partial charge in [-0.3, -0.25) is 0 Å². The van der Waals surface area contributed by atoms with Gasteiger partial charge < -0.3 is 11.1 Å². The minimum absolute atomic E-state index is 0.485. The summed E-state index contributed by atoms with van der Waals surface area (Å²) in [4.78, 5) is 4.48. The lowest BCUT2D eigenvalue weighted by atomic mass is 10.1. The molecule has 1 fully saturated rings. The molecule has 4 heteroatoms. The lowest BCUT2D eigenvalue weighted by Gasteiger charge is -2.21. The molecule has 1 aliphatic heterocycles. The largest absolute Gasteiger partial charge is 0.325 e. The summed E-state index contributed by atoms with van der Waals surface area (Å²) < 4.78 is 0. The summed E-state index contributed by atoms with van der Waals surface area (Å²) in [5.41, 5.74) is 6.54. The molecule has 2 rings (SSSR count). The van der Waals surface area contributed by atoms with Crippen molar-refractivity contribution in [1.29, 1.82) is 0 Å². The first-order chi connectivity index (χ1) is 6.40. The Hall–Kier alpha value is -0.450. The number of thiazole rings is 1. The molecule has 3 nitrogen and oxygen atoms in total. The molecule has 1 aromatic heterocycles. The number of piperidine rings is 1. The minimum atomic E-state index is 0.485. The van der Waals surface area contributed by atoms with Crippen LogP contribution in [0.1, 0.15) is 36.0 Å². The zero-order valence-corrected chi connectivity index (χ0v) is 8.44. The van der Waals surface area contributed by atoms with E-state index >= 15 is 0 Å². The van der Waals surface area contributed by atoms with Gasteiger partial charge in [-0.2, -0.15) is 0 Å². The Kier molecular flexibility index (Phi) is 2.93. The van der Waals surface area contributed by atoms with Crippen LogP contribution in [0.2, 0.25) is 0 Å². The number of rotatable bonds is 2. The highest BCUT2D eigenvalue weighted by molar-refractivity contribution is 7.09. The normalized spacial score (nSPS) is 23.3. The number of hydrogen-bond acceptors (Lipinski definition) is 4. The summed E-state index contributed by atoms with van der Waals surface area (Å²) in [7, 11) is 0. The number of aromatic nitrogens is 1. The van der Waals surface area contributed by atoms with E-state index in [0.29, 0.717) is 12.6 Å². The van der Waals surface area contributed by atoms with Gasteiger partial charge in [-0.15, -0.1) is 11.3 Å². The van der Waals surface area contributed by atoms with Crippen LogP contribution in [0.25, 0.3) is 0 Å². The maximum atomic E-state index is 5.52. The van der Waals surface area contributed by atoms with Crippen LogP contribution in [0, 0.1) is 0 Å². The van der Waals surface area contributed by atoms with Crippen LogP contribution < -0.4 is 11.1 Å². The molecule has 1 aromatic rings. The predicted molar refractivity (Wildman–Crippen MR) is 54.6 cm³/mol. The molecule has 3 N–H and O–H groups in total. The zero-order valence-electron chi connectivity index (χ0n) is 7.62. The van der Waals surface area contributed by atoms with E-state index in [1.165, 1.54) is 24.3 Å². The van der Waals surface area contributed by atoms with Gasteiger partial charge in [-0.05, 0) is 19.4 Å². The number of nitrogens with two attached hydrogens (primary N) is 1. The standard InChI is InChI=1S/C9H15N3S/c10-5-7-6-13-9(12-7)8-3-1-2-4-11-8/h6,8,11H,1-5,10H2/t8-/m0/s1. The van der Waals surface area contributed by atoms with Crippen molar-refractivity contribution in [3.8, 4) is 0 Å². The predicted octanol–water partition coefficient (Wildman–Crippen LogP) is 1.42. The first kappa shape index (κ1) is 9.12. The van der Waals surface area contributed by atoms with Crippen molar-refractivity contribution in [2.24, 2.45) is 5.73 Å². The average Bonchev–Trinajstić information content (AvgIpc) is 2.67. The Labute approximate surface area is 82.4 Å². The molecule has 1 atom stereocenters. The third kappa shape index (κ3) is 2.07. The van der Waals surface area contributed by atoms with E-state index < -0.39 is 0 Å². The summed E-state index contributed by atoms with van der Waals surface area (Å²) in [5.74, 6) is 0. The van der Waals surface area contributed by atoms with Gasteiger partial charge in [0.2, 0.25) is 0 Å². The van der Waals surface area contributed by atoms with Crippen molar-refractivity contribution in [3.63, 3.8) is 0 Å². The molecule has 0 saturated carbocycles. The van der Waals surface area contributed by atoms with Gasteiger partial charge in [0.05, 0.1) is 11.7 Å². The average molecular weight is 197 g/mol. The van der Waals surface area contributed by atoms with Gasteiger partial charge in [-0.1, -0.05) is 6.42 Å². The SMILES string of the molecule is NCc1csc([C@@H]2CCCCN2)n1.